The summed E-state index contributed by atoms with van der Waals surface area (Å²) in [5.41, 5.74) is -0.0633. The van der Waals surface area contributed by atoms with Gasteiger partial charge in [0.2, 0.25) is 0 Å². The summed E-state index contributed by atoms with van der Waals surface area (Å²) in [4.78, 5) is 11.6. The molecule has 0 aromatic heterocycles. The zero-order valence-electron chi connectivity index (χ0n) is 11.2. The van der Waals surface area contributed by atoms with Crippen LogP contribution in [0.2, 0.25) is 0 Å². The molecular formula is C13H25NO2. The zero-order chi connectivity index (χ0) is 12.4. The van der Waals surface area contributed by atoms with Gasteiger partial charge in [-0.3, -0.25) is 0 Å². The Hall–Kier alpha value is -0.730. The first-order chi connectivity index (χ1) is 7.18. The zero-order valence-corrected chi connectivity index (χ0v) is 11.2. The molecule has 3 nitrogen and oxygen atoms in total. The molecule has 1 N–H and O–H groups in total. The first-order valence-corrected chi connectivity index (χ1v) is 6.17. The van der Waals surface area contributed by atoms with Crippen LogP contribution in [0.3, 0.4) is 0 Å². The predicted octanol–water partition coefficient (Wildman–Crippen LogP) is 3.48. The Bertz CT molecular complexity index is 253. The molecule has 0 spiro atoms. The average Bonchev–Trinajstić information content (AvgIpc) is 1.96. The van der Waals surface area contributed by atoms with Gasteiger partial charge in [-0.15, -0.1) is 0 Å². The Morgan fingerprint density at radius 1 is 1.38 bits per heavy atom. The number of hydrogen-bond donors (Lipinski definition) is 1. The standard InChI is InChI=1S/C13H25NO2/c1-12(2,3)16-11(15)14-10-7-6-8-13(4,5)9-10/h10H,6-9H2,1-5H3,(H,14,15)/t10-/m0/s1. The van der Waals surface area contributed by atoms with Gasteiger partial charge in [-0.1, -0.05) is 20.3 Å². The van der Waals surface area contributed by atoms with Gasteiger partial charge in [-0.05, 0) is 45.4 Å². The second kappa shape index (κ2) is 4.64. The number of ether oxygens (including phenoxy) is 1. The fourth-order valence-corrected chi connectivity index (χ4v) is 2.30. The molecule has 1 aliphatic carbocycles. The monoisotopic (exact) mass is 227 g/mol. The van der Waals surface area contributed by atoms with Crippen molar-refractivity contribution in [3.63, 3.8) is 0 Å². The van der Waals surface area contributed by atoms with E-state index >= 15 is 0 Å². The van der Waals surface area contributed by atoms with Crippen molar-refractivity contribution in [2.24, 2.45) is 5.41 Å². The van der Waals surface area contributed by atoms with Crippen LogP contribution < -0.4 is 5.32 Å². The molecule has 0 aromatic rings. The van der Waals surface area contributed by atoms with Crippen molar-refractivity contribution in [3.8, 4) is 0 Å². The van der Waals surface area contributed by atoms with Gasteiger partial charge in [-0.25, -0.2) is 4.79 Å². The van der Waals surface area contributed by atoms with Crippen molar-refractivity contribution >= 4 is 6.09 Å². The minimum Gasteiger partial charge on any atom is -0.444 e. The Morgan fingerprint density at radius 3 is 2.50 bits per heavy atom. The lowest BCUT2D eigenvalue weighted by atomic mass is 9.75. The highest BCUT2D eigenvalue weighted by Gasteiger charge is 2.29. The second-order valence-electron chi connectivity index (χ2n) is 6.60. The average molecular weight is 227 g/mol. The highest BCUT2D eigenvalue weighted by Crippen LogP contribution is 2.35. The van der Waals surface area contributed by atoms with Gasteiger partial charge in [0.25, 0.3) is 0 Å². The van der Waals surface area contributed by atoms with E-state index in [-0.39, 0.29) is 12.1 Å². The number of rotatable bonds is 1. The molecular weight excluding hydrogens is 202 g/mol. The van der Waals surface area contributed by atoms with Gasteiger partial charge in [0, 0.05) is 6.04 Å². The van der Waals surface area contributed by atoms with Crippen LogP contribution in [0.25, 0.3) is 0 Å². The molecule has 0 aromatic carbocycles. The number of carbonyl (C=O) groups is 1. The molecule has 1 saturated carbocycles. The molecule has 1 atom stereocenters. The van der Waals surface area contributed by atoms with Crippen molar-refractivity contribution in [2.75, 3.05) is 0 Å². The largest absolute Gasteiger partial charge is 0.444 e. The van der Waals surface area contributed by atoms with E-state index in [0.29, 0.717) is 5.41 Å². The third kappa shape index (κ3) is 4.86. The smallest absolute Gasteiger partial charge is 0.407 e. The summed E-state index contributed by atoms with van der Waals surface area (Å²) in [5, 5.41) is 2.97. The van der Waals surface area contributed by atoms with Gasteiger partial charge in [0.05, 0.1) is 0 Å². The molecule has 0 bridgehead atoms. The minimum atomic E-state index is -0.408. The van der Waals surface area contributed by atoms with Gasteiger partial charge in [0.1, 0.15) is 5.60 Å². The maximum absolute atomic E-state index is 11.6. The number of carbonyl (C=O) groups excluding carboxylic acids is 1. The Balaban J connectivity index is 2.40. The molecule has 0 aliphatic heterocycles. The lowest BCUT2D eigenvalue weighted by Crippen LogP contribution is -2.43. The Labute approximate surface area is 98.9 Å². The molecule has 0 unspecified atom stereocenters. The number of nitrogens with one attached hydrogen (secondary N) is 1. The van der Waals surface area contributed by atoms with Gasteiger partial charge < -0.3 is 10.1 Å². The van der Waals surface area contributed by atoms with E-state index in [1.54, 1.807) is 0 Å². The topological polar surface area (TPSA) is 38.3 Å². The molecule has 94 valence electrons. The molecule has 0 saturated heterocycles. The summed E-state index contributed by atoms with van der Waals surface area (Å²) >= 11 is 0. The highest BCUT2D eigenvalue weighted by molar-refractivity contribution is 5.68. The summed E-state index contributed by atoms with van der Waals surface area (Å²) in [5.74, 6) is 0. The number of alkyl carbamates (subject to hydrolysis) is 1. The fourth-order valence-electron chi connectivity index (χ4n) is 2.30. The van der Waals surface area contributed by atoms with E-state index in [0.717, 1.165) is 12.8 Å². The fraction of sp³-hybridized carbons (Fsp3) is 0.923. The van der Waals surface area contributed by atoms with Crippen LogP contribution in [0.5, 0.6) is 0 Å². The third-order valence-electron chi connectivity index (χ3n) is 2.93. The van der Waals surface area contributed by atoms with Crippen molar-refractivity contribution in [2.45, 2.75) is 71.9 Å². The van der Waals surface area contributed by atoms with Crippen molar-refractivity contribution in [3.05, 3.63) is 0 Å². The van der Waals surface area contributed by atoms with Gasteiger partial charge in [-0.2, -0.15) is 0 Å². The lowest BCUT2D eigenvalue weighted by Gasteiger charge is -2.35. The molecule has 0 heterocycles. The quantitative estimate of drug-likeness (QED) is 0.744. The van der Waals surface area contributed by atoms with Crippen LogP contribution in [-0.4, -0.2) is 17.7 Å². The van der Waals surface area contributed by atoms with Crippen molar-refractivity contribution in [1.29, 1.82) is 0 Å². The van der Waals surface area contributed by atoms with Crippen LogP contribution in [0.15, 0.2) is 0 Å². The van der Waals surface area contributed by atoms with E-state index in [2.05, 4.69) is 19.2 Å². The first kappa shape index (κ1) is 13.3. The SMILES string of the molecule is CC1(C)CCC[C@H](NC(=O)OC(C)(C)C)C1. The molecule has 16 heavy (non-hydrogen) atoms. The molecule has 1 aliphatic rings. The minimum absolute atomic E-state index is 0.276. The van der Waals surface area contributed by atoms with Crippen LogP contribution in [0.1, 0.15) is 60.3 Å². The third-order valence-corrected chi connectivity index (χ3v) is 2.93. The molecule has 1 fully saturated rings. The Kier molecular flexibility index (Phi) is 3.87. The lowest BCUT2D eigenvalue weighted by molar-refractivity contribution is 0.0470. The van der Waals surface area contributed by atoms with Crippen LogP contribution >= 0.6 is 0 Å². The molecule has 0 radical (unpaired) electrons. The molecule has 3 heteroatoms. The highest BCUT2D eigenvalue weighted by atomic mass is 16.6. The van der Waals surface area contributed by atoms with E-state index < -0.39 is 5.60 Å². The number of hydrogen-bond acceptors (Lipinski definition) is 2. The van der Waals surface area contributed by atoms with Gasteiger partial charge >= 0.3 is 6.09 Å². The van der Waals surface area contributed by atoms with Crippen LogP contribution in [0.4, 0.5) is 4.79 Å². The predicted molar refractivity (Wildman–Crippen MR) is 65.4 cm³/mol. The summed E-state index contributed by atoms with van der Waals surface area (Å²) in [6.07, 6.45) is 4.28. The molecule has 1 amide bonds. The van der Waals surface area contributed by atoms with Crippen molar-refractivity contribution < 1.29 is 9.53 Å². The van der Waals surface area contributed by atoms with Crippen LogP contribution in [-0.2, 0) is 4.74 Å². The Morgan fingerprint density at radius 2 is 2.00 bits per heavy atom. The first-order valence-electron chi connectivity index (χ1n) is 6.17. The maximum atomic E-state index is 11.6. The van der Waals surface area contributed by atoms with Gasteiger partial charge in [0.15, 0.2) is 0 Å². The summed E-state index contributed by atoms with van der Waals surface area (Å²) in [7, 11) is 0. The van der Waals surface area contributed by atoms with E-state index in [9.17, 15) is 4.79 Å². The molecule has 1 rings (SSSR count). The van der Waals surface area contributed by atoms with E-state index in [1.807, 2.05) is 20.8 Å². The normalized spacial score (nSPS) is 24.9. The summed E-state index contributed by atoms with van der Waals surface area (Å²) in [6.45, 7) is 10.2. The van der Waals surface area contributed by atoms with Crippen molar-refractivity contribution in [1.82, 2.24) is 5.32 Å². The summed E-state index contributed by atoms with van der Waals surface area (Å²) < 4.78 is 5.26. The van der Waals surface area contributed by atoms with E-state index in [4.69, 9.17) is 4.74 Å². The number of amides is 1. The van der Waals surface area contributed by atoms with Crippen LogP contribution in [0, 0.1) is 5.41 Å². The summed E-state index contributed by atoms with van der Waals surface area (Å²) in [6, 6.07) is 0.276. The second-order valence-corrected chi connectivity index (χ2v) is 6.60. The van der Waals surface area contributed by atoms with E-state index in [1.165, 1.54) is 12.8 Å². The maximum Gasteiger partial charge on any atom is 0.407 e.